The minimum Gasteiger partial charge on any atom is -0.395 e. The van der Waals surface area contributed by atoms with Gasteiger partial charge in [-0.15, -0.1) is 0 Å². The summed E-state index contributed by atoms with van der Waals surface area (Å²) in [6.07, 6.45) is 0. The van der Waals surface area contributed by atoms with Crippen molar-refractivity contribution >= 4 is 21.6 Å². The summed E-state index contributed by atoms with van der Waals surface area (Å²) in [4.78, 5) is 2.16. The van der Waals surface area contributed by atoms with Gasteiger partial charge in [-0.3, -0.25) is 0 Å². The quantitative estimate of drug-likeness (QED) is 0.879. The van der Waals surface area contributed by atoms with Crippen LogP contribution >= 0.6 is 15.9 Å². The summed E-state index contributed by atoms with van der Waals surface area (Å²) in [7, 11) is 0. The van der Waals surface area contributed by atoms with Gasteiger partial charge in [0.25, 0.3) is 0 Å². The van der Waals surface area contributed by atoms with Crippen molar-refractivity contribution in [2.45, 2.75) is 32.9 Å². The van der Waals surface area contributed by atoms with Crippen LogP contribution in [0.4, 0.5) is 5.69 Å². The Morgan fingerprint density at radius 1 is 1.35 bits per heavy atom. The van der Waals surface area contributed by atoms with E-state index in [1.807, 2.05) is 19.1 Å². The Hall–Kier alpha value is -0.580. The van der Waals surface area contributed by atoms with Gasteiger partial charge in [0.05, 0.1) is 12.3 Å². The fraction of sp³-hybridized carbons (Fsp3) is 0.538. The van der Waals surface area contributed by atoms with E-state index in [0.717, 1.165) is 15.7 Å². The summed E-state index contributed by atoms with van der Waals surface area (Å²) >= 11 is 3.58. The lowest BCUT2D eigenvalue weighted by Crippen LogP contribution is -2.33. The average molecular weight is 301 g/mol. The maximum atomic E-state index is 9.10. The van der Waals surface area contributed by atoms with Crippen molar-refractivity contribution in [3.05, 3.63) is 28.2 Å². The predicted octanol–water partition coefficient (Wildman–Crippen LogP) is 2.68. The second-order valence-electron chi connectivity index (χ2n) is 4.51. The van der Waals surface area contributed by atoms with E-state index in [-0.39, 0.29) is 12.6 Å². The molecule has 0 saturated heterocycles. The molecule has 0 aliphatic carbocycles. The zero-order valence-corrected chi connectivity index (χ0v) is 12.2. The third-order valence-corrected chi connectivity index (χ3v) is 3.41. The number of hydrogen-bond acceptors (Lipinski definition) is 3. The number of nitrogens with two attached hydrogens (primary N) is 1. The number of rotatable bonds is 5. The molecule has 1 aromatic rings. The molecule has 0 aliphatic heterocycles. The van der Waals surface area contributed by atoms with E-state index in [9.17, 15) is 0 Å². The van der Waals surface area contributed by atoms with Crippen LogP contribution in [0.2, 0.25) is 0 Å². The smallest absolute Gasteiger partial charge is 0.0606 e. The highest BCUT2D eigenvalue weighted by Gasteiger charge is 2.14. The van der Waals surface area contributed by atoms with Gasteiger partial charge in [0.1, 0.15) is 0 Å². The molecule has 17 heavy (non-hydrogen) atoms. The molecular weight excluding hydrogens is 280 g/mol. The Morgan fingerprint density at radius 3 is 2.41 bits per heavy atom. The number of benzene rings is 1. The molecule has 0 spiro atoms. The van der Waals surface area contributed by atoms with Crippen LogP contribution in [0.1, 0.15) is 32.4 Å². The Labute approximate surface area is 112 Å². The molecule has 0 bridgehead atoms. The molecule has 0 aromatic heterocycles. The molecule has 4 heteroatoms. The van der Waals surface area contributed by atoms with Crippen LogP contribution in [0.5, 0.6) is 0 Å². The highest BCUT2D eigenvalue weighted by Crippen LogP contribution is 2.30. The van der Waals surface area contributed by atoms with E-state index in [1.165, 1.54) is 0 Å². The van der Waals surface area contributed by atoms with Crippen molar-refractivity contribution in [2.75, 3.05) is 18.1 Å². The van der Waals surface area contributed by atoms with Crippen LogP contribution < -0.4 is 10.6 Å². The minimum absolute atomic E-state index is 0.0330. The maximum absolute atomic E-state index is 9.10. The Kier molecular flexibility index (Phi) is 5.43. The second-order valence-corrected chi connectivity index (χ2v) is 5.36. The van der Waals surface area contributed by atoms with E-state index in [0.29, 0.717) is 12.6 Å². The van der Waals surface area contributed by atoms with Crippen LogP contribution in [0, 0.1) is 0 Å². The fourth-order valence-corrected chi connectivity index (χ4v) is 2.43. The van der Waals surface area contributed by atoms with Gasteiger partial charge in [-0.25, -0.2) is 0 Å². The van der Waals surface area contributed by atoms with E-state index in [2.05, 4.69) is 40.7 Å². The maximum Gasteiger partial charge on any atom is 0.0606 e. The molecule has 3 N–H and O–H groups in total. The van der Waals surface area contributed by atoms with Gasteiger partial charge in [0, 0.05) is 23.1 Å². The van der Waals surface area contributed by atoms with E-state index >= 15 is 0 Å². The number of anilines is 1. The number of nitrogens with zero attached hydrogens (tertiary/aromatic N) is 1. The Morgan fingerprint density at radius 2 is 2.00 bits per heavy atom. The first-order valence-corrected chi connectivity index (χ1v) is 6.69. The number of aliphatic hydroxyl groups excluding tert-OH is 1. The molecule has 1 aromatic carbocycles. The third-order valence-electron chi connectivity index (χ3n) is 2.77. The van der Waals surface area contributed by atoms with E-state index in [4.69, 9.17) is 10.8 Å². The van der Waals surface area contributed by atoms with Gasteiger partial charge >= 0.3 is 0 Å². The molecule has 1 unspecified atom stereocenters. The zero-order valence-electron chi connectivity index (χ0n) is 10.7. The van der Waals surface area contributed by atoms with Crippen LogP contribution in [-0.2, 0) is 0 Å². The first-order valence-electron chi connectivity index (χ1n) is 5.90. The summed E-state index contributed by atoms with van der Waals surface area (Å²) in [5, 5.41) is 9.10. The van der Waals surface area contributed by atoms with E-state index in [1.54, 1.807) is 0 Å². The zero-order chi connectivity index (χ0) is 13.0. The summed E-state index contributed by atoms with van der Waals surface area (Å²) in [5.74, 6) is 0. The summed E-state index contributed by atoms with van der Waals surface area (Å²) in [6, 6.07) is 6.52. The van der Waals surface area contributed by atoms with E-state index < -0.39 is 0 Å². The molecule has 0 fully saturated rings. The fourth-order valence-electron chi connectivity index (χ4n) is 1.80. The Balaban J connectivity index is 3.04. The highest BCUT2D eigenvalue weighted by molar-refractivity contribution is 9.10. The highest BCUT2D eigenvalue weighted by atomic mass is 79.9. The lowest BCUT2D eigenvalue weighted by Gasteiger charge is -2.29. The van der Waals surface area contributed by atoms with Crippen molar-refractivity contribution in [3.63, 3.8) is 0 Å². The second kappa shape index (κ2) is 6.38. The van der Waals surface area contributed by atoms with Crippen molar-refractivity contribution in [2.24, 2.45) is 5.73 Å². The molecule has 0 saturated carbocycles. The topological polar surface area (TPSA) is 49.5 Å². The van der Waals surface area contributed by atoms with Crippen molar-refractivity contribution in [1.82, 2.24) is 0 Å². The number of hydrogen-bond donors (Lipinski definition) is 2. The summed E-state index contributed by atoms with van der Waals surface area (Å²) < 4.78 is 1.02. The van der Waals surface area contributed by atoms with Gasteiger partial charge in [0.2, 0.25) is 0 Å². The minimum atomic E-state index is 0.0330. The summed E-state index contributed by atoms with van der Waals surface area (Å²) in [6.45, 7) is 6.98. The van der Waals surface area contributed by atoms with Crippen molar-refractivity contribution < 1.29 is 5.11 Å². The van der Waals surface area contributed by atoms with Gasteiger partial charge in [-0.2, -0.15) is 0 Å². The molecule has 0 heterocycles. The van der Waals surface area contributed by atoms with Crippen LogP contribution in [0.25, 0.3) is 0 Å². The van der Waals surface area contributed by atoms with Gasteiger partial charge in [-0.05, 0) is 54.4 Å². The molecule has 0 aliphatic rings. The van der Waals surface area contributed by atoms with Crippen molar-refractivity contribution in [1.29, 1.82) is 0 Å². The molecule has 3 nitrogen and oxygen atoms in total. The number of halogens is 1. The van der Waals surface area contributed by atoms with Crippen LogP contribution in [0.3, 0.4) is 0 Å². The predicted molar refractivity (Wildman–Crippen MR) is 76.3 cm³/mol. The SMILES string of the molecule is CC(N)c1ccc(N(CCO)C(C)C)c(Br)c1. The lowest BCUT2D eigenvalue weighted by molar-refractivity contribution is 0.299. The third kappa shape index (κ3) is 3.69. The lowest BCUT2D eigenvalue weighted by atomic mass is 10.1. The average Bonchev–Trinajstić information content (AvgIpc) is 2.26. The molecule has 1 rings (SSSR count). The van der Waals surface area contributed by atoms with Crippen LogP contribution in [-0.4, -0.2) is 24.3 Å². The first kappa shape index (κ1) is 14.5. The van der Waals surface area contributed by atoms with Gasteiger partial charge in [0.15, 0.2) is 0 Å². The monoisotopic (exact) mass is 300 g/mol. The molecule has 0 radical (unpaired) electrons. The molecule has 0 amide bonds. The molecule has 96 valence electrons. The summed E-state index contributed by atoms with van der Waals surface area (Å²) in [5.41, 5.74) is 8.05. The normalized spacial score (nSPS) is 12.9. The van der Waals surface area contributed by atoms with Gasteiger partial charge in [-0.1, -0.05) is 6.07 Å². The van der Waals surface area contributed by atoms with Gasteiger partial charge < -0.3 is 15.7 Å². The molecule has 1 atom stereocenters. The van der Waals surface area contributed by atoms with Crippen molar-refractivity contribution in [3.8, 4) is 0 Å². The standard InChI is InChI=1S/C13H21BrN2O/c1-9(2)16(6-7-17)13-5-4-11(10(3)15)8-12(13)14/h4-5,8-10,17H,6-7,15H2,1-3H3. The largest absolute Gasteiger partial charge is 0.395 e. The van der Waals surface area contributed by atoms with Crippen LogP contribution in [0.15, 0.2) is 22.7 Å². The first-order chi connectivity index (χ1) is 7.97. The number of aliphatic hydroxyl groups is 1. The Bertz CT molecular complexity index is 366. The molecular formula is C13H21BrN2O.